The zero-order valence-corrected chi connectivity index (χ0v) is 15.5. The fourth-order valence-electron chi connectivity index (χ4n) is 2.25. The highest BCUT2D eigenvalue weighted by atomic mass is 32.2. The molecule has 0 radical (unpaired) electrons. The molecule has 2 aromatic rings. The Kier molecular flexibility index (Phi) is 6.07. The van der Waals surface area contributed by atoms with Crippen LogP contribution in [-0.2, 0) is 14.5 Å². The quantitative estimate of drug-likeness (QED) is 0.793. The first kappa shape index (κ1) is 18.8. The fourth-order valence-corrected chi connectivity index (χ4v) is 3.59. The number of methoxy groups -OCH3 is 1. The van der Waals surface area contributed by atoms with Crippen LogP contribution in [0, 0.1) is 25.7 Å². The highest BCUT2D eigenvalue weighted by Gasteiger charge is 2.13. The molecule has 1 aromatic heterocycles. The van der Waals surface area contributed by atoms with Gasteiger partial charge in [0, 0.05) is 36.2 Å². The summed E-state index contributed by atoms with van der Waals surface area (Å²) < 4.78 is 21.7. The van der Waals surface area contributed by atoms with Gasteiger partial charge in [-0.05, 0) is 43.2 Å². The van der Waals surface area contributed by atoms with E-state index in [4.69, 9.17) is 4.74 Å². The summed E-state index contributed by atoms with van der Waals surface area (Å²) in [5.41, 5.74) is 2.78. The van der Waals surface area contributed by atoms with Crippen LogP contribution in [0.1, 0.15) is 27.0 Å². The molecule has 6 heteroatoms. The Balaban J connectivity index is 2.37. The van der Waals surface area contributed by atoms with Crippen molar-refractivity contribution in [2.45, 2.75) is 18.7 Å². The molecular weight excluding hydrogens is 336 g/mol. The van der Waals surface area contributed by atoms with Crippen molar-refractivity contribution >= 4 is 15.6 Å². The highest BCUT2D eigenvalue weighted by molar-refractivity contribution is 7.93. The Morgan fingerprint density at radius 1 is 1.20 bits per heavy atom. The third kappa shape index (κ3) is 5.24. The molecule has 130 valence electrons. The molecule has 1 heterocycles. The second kappa shape index (κ2) is 8.06. The first-order valence-corrected chi connectivity index (χ1v) is 9.52. The predicted molar refractivity (Wildman–Crippen MR) is 98.0 cm³/mol. The Morgan fingerprint density at radius 2 is 1.88 bits per heavy atom. The molecule has 1 aromatic carbocycles. The van der Waals surface area contributed by atoms with Crippen molar-refractivity contribution < 1.29 is 13.7 Å². The number of hydrogen-bond acceptors (Lipinski definition) is 4. The predicted octanol–water partition coefficient (Wildman–Crippen LogP) is 2.99. The fraction of sp³-hybridized carbons (Fsp3) is 0.263. The van der Waals surface area contributed by atoms with Gasteiger partial charge in [-0.2, -0.15) is 4.36 Å². The van der Waals surface area contributed by atoms with E-state index in [0.29, 0.717) is 10.5 Å². The number of nitrogens with zero attached hydrogens (tertiary/aromatic N) is 2. The van der Waals surface area contributed by atoms with Gasteiger partial charge in [-0.25, -0.2) is 4.21 Å². The standard InChI is InChI=1S/C19H20N2O3S/c1-14-8-15(2)10-18(9-14)25(4,23)21-19(22)17-11-16(12-20-13-17)6-5-7-24-3/h8-13H,7H2,1-4H3. The van der Waals surface area contributed by atoms with E-state index >= 15 is 0 Å². The number of aryl methyl sites for hydroxylation is 2. The molecular formula is C19H20N2O3S. The van der Waals surface area contributed by atoms with E-state index in [1.807, 2.05) is 19.9 Å². The van der Waals surface area contributed by atoms with Gasteiger partial charge >= 0.3 is 0 Å². The first-order valence-electron chi connectivity index (χ1n) is 7.59. The molecule has 1 atom stereocenters. The van der Waals surface area contributed by atoms with Crippen molar-refractivity contribution in [2.24, 2.45) is 4.36 Å². The van der Waals surface area contributed by atoms with E-state index in [-0.39, 0.29) is 12.2 Å². The normalized spacial score (nSPS) is 12.6. The number of carbonyl (C=O) groups excluding carboxylic acids is 1. The summed E-state index contributed by atoms with van der Waals surface area (Å²) in [6, 6.07) is 7.14. The van der Waals surface area contributed by atoms with Crippen molar-refractivity contribution in [2.75, 3.05) is 20.0 Å². The summed E-state index contributed by atoms with van der Waals surface area (Å²) >= 11 is 0. The molecule has 1 amide bonds. The summed E-state index contributed by atoms with van der Waals surface area (Å²) in [6.07, 6.45) is 4.41. The summed E-state index contributed by atoms with van der Waals surface area (Å²) in [7, 11) is -1.29. The molecule has 0 saturated heterocycles. The lowest BCUT2D eigenvalue weighted by atomic mass is 10.2. The molecule has 5 nitrogen and oxygen atoms in total. The molecule has 0 fully saturated rings. The van der Waals surface area contributed by atoms with Crippen LogP contribution in [-0.4, -0.2) is 35.1 Å². The monoisotopic (exact) mass is 356 g/mol. The molecule has 0 bridgehead atoms. The lowest BCUT2D eigenvalue weighted by molar-refractivity contribution is 0.100. The third-order valence-electron chi connectivity index (χ3n) is 3.32. The first-order chi connectivity index (χ1) is 11.8. The summed E-state index contributed by atoms with van der Waals surface area (Å²) in [5.74, 6) is 5.07. The zero-order valence-electron chi connectivity index (χ0n) is 14.7. The molecule has 1 unspecified atom stereocenters. The minimum atomic E-state index is -2.84. The number of rotatable bonds is 3. The average Bonchev–Trinajstić information content (AvgIpc) is 2.54. The number of pyridine rings is 1. The van der Waals surface area contributed by atoms with Crippen LogP contribution in [0.2, 0.25) is 0 Å². The summed E-state index contributed by atoms with van der Waals surface area (Å²) in [6.45, 7) is 4.12. The van der Waals surface area contributed by atoms with Crippen molar-refractivity contribution in [1.29, 1.82) is 0 Å². The number of aromatic nitrogens is 1. The Morgan fingerprint density at radius 3 is 2.52 bits per heavy atom. The largest absolute Gasteiger partial charge is 0.372 e. The van der Waals surface area contributed by atoms with E-state index in [2.05, 4.69) is 21.2 Å². The van der Waals surface area contributed by atoms with Gasteiger partial charge in [0.15, 0.2) is 0 Å². The van der Waals surface area contributed by atoms with E-state index < -0.39 is 15.6 Å². The maximum Gasteiger partial charge on any atom is 0.286 e. The number of carbonyl (C=O) groups is 1. The van der Waals surface area contributed by atoms with Crippen LogP contribution in [0.3, 0.4) is 0 Å². The highest BCUT2D eigenvalue weighted by Crippen LogP contribution is 2.17. The maximum absolute atomic E-state index is 12.9. The van der Waals surface area contributed by atoms with E-state index in [1.165, 1.54) is 12.5 Å². The van der Waals surface area contributed by atoms with Gasteiger partial charge < -0.3 is 4.74 Å². The van der Waals surface area contributed by atoms with Crippen LogP contribution in [0.15, 0.2) is 45.9 Å². The van der Waals surface area contributed by atoms with Gasteiger partial charge in [0.2, 0.25) is 0 Å². The molecule has 0 saturated carbocycles. The van der Waals surface area contributed by atoms with Gasteiger partial charge in [0.1, 0.15) is 6.61 Å². The molecule has 0 N–H and O–H groups in total. The summed E-state index contributed by atoms with van der Waals surface area (Å²) in [5, 5.41) is 0. The second-order valence-corrected chi connectivity index (χ2v) is 7.98. The second-order valence-electron chi connectivity index (χ2n) is 5.72. The van der Waals surface area contributed by atoms with E-state index in [1.54, 1.807) is 31.5 Å². The lowest BCUT2D eigenvalue weighted by Crippen LogP contribution is -2.05. The third-order valence-corrected chi connectivity index (χ3v) is 4.95. The van der Waals surface area contributed by atoms with Crippen LogP contribution in [0.4, 0.5) is 0 Å². The molecule has 2 rings (SSSR count). The maximum atomic E-state index is 12.9. The van der Waals surface area contributed by atoms with Crippen LogP contribution in [0.5, 0.6) is 0 Å². The Hall–Kier alpha value is -2.49. The van der Waals surface area contributed by atoms with Gasteiger partial charge in [-0.15, -0.1) is 0 Å². The number of hydrogen-bond donors (Lipinski definition) is 0. The molecule has 25 heavy (non-hydrogen) atoms. The topological polar surface area (TPSA) is 68.6 Å². The van der Waals surface area contributed by atoms with Gasteiger partial charge in [0.05, 0.1) is 15.3 Å². The minimum Gasteiger partial charge on any atom is -0.372 e. The Labute approximate surface area is 148 Å². The van der Waals surface area contributed by atoms with Crippen molar-refractivity contribution in [3.63, 3.8) is 0 Å². The van der Waals surface area contributed by atoms with E-state index in [0.717, 1.165) is 11.1 Å². The van der Waals surface area contributed by atoms with Crippen LogP contribution in [0.25, 0.3) is 0 Å². The van der Waals surface area contributed by atoms with Crippen molar-refractivity contribution in [3.05, 3.63) is 58.9 Å². The average molecular weight is 356 g/mol. The molecule has 0 aliphatic rings. The number of benzene rings is 1. The lowest BCUT2D eigenvalue weighted by Gasteiger charge is -2.07. The van der Waals surface area contributed by atoms with Gasteiger partial charge in [0.25, 0.3) is 5.91 Å². The SMILES string of the molecule is COCC#Cc1cncc(C(=O)N=S(C)(=O)c2cc(C)cc(C)c2)c1. The smallest absolute Gasteiger partial charge is 0.286 e. The number of amides is 1. The zero-order chi connectivity index (χ0) is 18.4. The molecule has 0 aliphatic heterocycles. The molecule has 0 aliphatic carbocycles. The van der Waals surface area contributed by atoms with Crippen molar-refractivity contribution in [3.8, 4) is 11.8 Å². The summed E-state index contributed by atoms with van der Waals surface area (Å²) in [4.78, 5) is 17.0. The van der Waals surface area contributed by atoms with Gasteiger partial charge in [-0.3, -0.25) is 9.78 Å². The number of ether oxygens (including phenoxy) is 1. The van der Waals surface area contributed by atoms with E-state index in [9.17, 15) is 9.00 Å². The van der Waals surface area contributed by atoms with Gasteiger partial charge in [-0.1, -0.05) is 17.9 Å². The van der Waals surface area contributed by atoms with Crippen LogP contribution >= 0.6 is 0 Å². The van der Waals surface area contributed by atoms with Crippen LogP contribution < -0.4 is 0 Å². The Bertz CT molecular complexity index is 957. The van der Waals surface area contributed by atoms with Crippen molar-refractivity contribution in [1.82, 2.24) is 4.98 Å². The molecule has 0 spiro atoms. The minimum absolute atomic E-state index is 0.253.